The lowest BCUT2D eigenvalue weighted by Gasteiger charge is -2.38. The Morgan fingerprint density at radius 2 is 0.500 bits per heavy atom. The van der Waals surface area contributed by atoms with E-state index >= 15 is 0 Å². The average molecular weight is 607 g/mol. The van der Waals surface area contributed by atoms with Gasteiger partial charge in [-0.05, 0) is 48.5 Å². The van der Waals surface area contributed by atoms with Crippen molar-refractivity contribution in [3.63, 3.8) is 0 Å². The molecular formula is C44H36BP. The zero-order valence-corrected chi connectivity index (χ0v) is 26.7. The van der Waals surface area contributed by atoms with Gasteiger partial charge < -0.3 is 5.82 Å². The van der Waals surface area contributed by atoms with Gasteiger partial charge in [-0.2, -0.15) is 22.8 Å². The van der Waals surface area contributed by atoms with Gasteiger partial charge in [0.15, 0.2) is 0 Å². The second kappa shape index (κ2) is 14.6. The fourth-order valence-electron chi connectivity index (χ4n) is 6.59. The third-order valence-electron chi connectivity index (χ3n) is 8.72. The predicted octanol–water partition coefficient (Wildman–Crippen LogP) is 6.64. The lowest BCUT2D eigenvalue weighted by atomic mass is 9.16. The molecule has 0 aromatic heterocycles. The quantitative estimate of drug-likeness (QED) is 0.109. The van der Waals surface area contributed by atoms with E-state index in [2.05, 4.69) is 200 Å². The second-order valence-electron chi connectivity index (χ2n) is 11.3. The highest BCUT2D eigenvalue weighted by atomic mass is 31.2. The molecule has 0 bridgehead atoms. The van der Waals surface area contributed by atoms with Crippen LogP contribution in [0.5, 0.6) is 0 Å². The van der Waals surface area contributed by atoms with E-state index in [0.717, 1.165) is 0 Å². The fraction of sp³-hybridized carbons (Fsp3) is 0. The summed E-state index contributed by atoms with van der Waals surface area (Å²) in [5, 5.41) is 5.55. The Morgan fingerprint density at radius 3 is 0.696 bits per heavy atom. The molecule has 0 aliphatic rings. The molecule has 0 nitrogen and oxygen atoms in total. The van der Waals surface area contributed by atoms with Crippen LogP contribution in [0.1, 0.15) is 0 Å². The van der Waals surface area contributed by atoms with Gasteiger partial charge in [0.1, 0.15) is 34.6 Å². The van der Waals surface area contributed by atoms with Gasteiger partial charge in [0.2, 0.25) is 0 Å². The largest absolute Gasteiger partial charge is 0.301 e. The van der Waals surface area contributed by atoms with E-state index in [-0.39, 0.29) is 0 Å². The second-order valence-corrected chi connectivity index (χ2v) is 14.7. The molecule has 7 aromatic rings. The first-order valence-corrected chi connectivity index (χ1v) is 17.5. The minimum atomic E-state index is -1.91. The number of terminal acetylenes is 1. The van der Waals surface area contributed by atoms with Crippen LogP contribution < -0.4 is 37.6 Å². The Balaban J connectivity index is 0.000000164. The number of hydrogen-bond donors (Lipinski definition) is 0. The van der Waals surface area contributed by atoms with Crippen molar-refractivity contribution >= 4 is 51.0 Å². The maximum atomic E-state index is 6.08. The molecule has 0 saturated carbocycles. The lowest BCUT2D eigenvalue weighted by Crippen LogP contribution is -2.66. The molecule has 0 N–H and O–H groups in total. The van der Waals surface area contributed by atoms with E-state index in [1.807, 2.05) is 18.2 Å². The Morgan fingerprint density at radius 1 is 0.304 bits per heavy atom. The normalized spacial score (nSPS) is 11.0. The van der Waals surface area contributed by atoms with Crippen molar-refractivity contribution in [2.75, 3.05) is 0 Å². The maximum Gasteiger partial charge on any atom is 0.148 e. The first-order valence-electron chi connectivity index (χ1n) is 15.7. The van der Waals surface area contributed by atoms with Crippen molar-refractivity contribution in [3.8, 4) is 12.2 Å². The minimum absolute atomic E-state index is 1.18. The molecule has 0 aliphatic heterocycles. The molecule has 220 valence electrons. The maximum absolute atomic E-state index is 6.08. The molecule has 0 aliphatic carbocycles. The van der Waals surface area contributed by atoms with Crippen molar-refractivity contribution in [2.45, 2.75) is 0 Å². The van der Waals surface area contributed by atoms with Crippen molar-refractivity contribution in [1.29, 1.82) is 0 Å². The standard InChI is InChI=1S/C24H20P.C20H16B/c1-5-13-21(14-6-1)25(22-15-7-2-8-16-22,23-17-9-3-10-18-23)24-19-11-4-12-20-24;1-2-21(18-12-6-3-7-13-18,19-14-8-4-9-15-19)20-16-10-5-11-17-20/h1-20H;1,3-17H/q+1;-1. The van der Waals surface area contributed by atoms with Gasteiger partial charge >= 0.3 is 0 Å². The molecule has 0 heterocycles. The Hall–Kier alpha value is -5.41. The van der Waals surface area contributed by atoms with E-state index in [9.17, 15) is 0 Å². The van der Waals surface area contributed by atoms with Crippen LogP contribution in [0, 0.1) is 12.2 Å². The smallest absolute Gasteiger partial charge is 0.148 e. The summed E-state index contributed by atoms with van der Waals surface area (Å²) in [6, 6.07) is 75.0. The third kappa shape index (κ3) is 5.97. The van der Waals surface area contributed by atoms with Crippen LogP contribution in [-0.2, 0) is 0 Å². The summed E-state index contributed by atoms with van der Waals surface area (Å²) in [6.07, 6.45) is 4.71. The van der Waals surface area contributed by atoms with Crippen molar-refractivity contribution < 1.29 is 0 Å². The summed E-state index contributed by atoms with van der Waals surface area (Å²) in [5.41, 5.74) is 3.53. The molecule has 0 fully saturated rings. The zero-order chi connectivity index (χ0) is 31.5. The van der Waals surface area contributed by atoms with E-state index in [1.54, 1.807) is 0 Å². The van der Waals surface area contributed by atoms with E-state index in [4.69, 9.17) is 6.42 Å². The SMILES string of the molecule is C#C[B-](c1ccccc1)(c1ccccc1)c1ccccc1.c1ccc([P+](c2ccccc2)(c2ccccc2)c2ccccc2)cc1. The van der Waals surface area contributed by atoms with Crippen LogP contribution in [0.25, 0.3) is 0 Å². The van der Waals surface area contributed by atoms with Crippen LogP contribution >= 0.6 is 7.26 Å². The van der Waals surface area contributed by atoms with Gasteiger partial charge in [0, 0.05) is 0 Å². The molecule has 0 unspecified atom stereocenters. The molecule has 7 aromatic carbocycles. The topological polar surface area (TPSA) is 0 Å². The molecule has 0 radical (unpaired) electrons. The van der Waals surface area contributed by atoms with Crippen LogP contribution in [0.2, 0.25) is 0 Å². The van der Waals surface area contributed by atoms with E-state index in [0.29, 0.717) is 0 Å². The molecule has 7 rings (SSSR count). The van der Waals surface area contributed by atoms with E-state index in [1.165, 1.54) is 37.6 Å². The predicted molar refractivity (Wildman–Crippen MR) is 204 cm³/mol. The fourth-order valence-corrected chi connectivity index (χ4v) is 10.9. The third-order valence-corrected chi connectivity index (χ3v) is 13.0. The summed E-state index contributed by atoms with van der Waals surface area (Å²) in [4.78, 5) is 0. The highest BCUT2D eigenvalue weighted by molar-refractivity contribution is 8.01. The van der Waals surface area contributed by atoms with Crippen LogP contribution in [-0.4, -0.2) is 6.15 Å². The molecule has 0 amide bonds. The zero-order valence-electron chi connectivity index (χ0n) is 25.8. The van der Waals surface area contributed by atoms with Crippen LogP contribution in [0.4, 0.5) is 0 Å². The van der Waals surface area contributed by atoms with Gasteiger partial charge in [0.25, 0.3) is 0 Å². The average Bonchev–Trinajstić information content (AvgIpc) is 3.16. The minimum Gasteiger partial charge on any atom is -0.301 e. The Labute approximate surface area is 274 Å². The van der Waals surface area contributed by atoms with Gasteiger partial charge in [-0.3, -0.25) is 0 Å². The highest BCUT2D eigenvalue weighted by Gasteiger charge is 2.47. The Bertz CT molecular complexity index is 1700. The van der Waals surface area contributed by atoms with Crippen LogP contribution in [0.15, 0.2) is 212 Å². The first-order chi connectivity index (χ1) is 22.8. The molecule has 0 saturated heterocycles. The Kier molecular flexibility index (Phi) is 9.71. The van der Waals surface area contributed by atoms with Crippen molar-refractivity contribution in [1.82, 2.24) is 0 Å². The monoisotopic (exact) mass is 606 g/mol. The summed E-state index contributed by atoms with van der Waals surface area (Å²) < 4.78 is 0. The van der Waals surface area contributed by atoms with Gasteiger partial charge in [-0.25, -0.2) is 0 Å². The van der Waals surface area contributed by atoms with Crippen molar-refractivity contribution in [3.05, 3.63) is 212 Å². The van der Waals surface area contributed by atoms with Gasteiger partial charge in [0.05, 0.1) is 0 Å². The van der Waals surface area contributed by atoms with Gasteiger partial charge in [-0.1, -0.05) is 164 Å². The number of rotatable bonds is 7. The number of hydrogen-bond acceptors (Lipinski definition) is 0. The van der Waals surface area contributed by atoms with Crippen molar-refractivity contribution in [2.24, 2.45) is 0 Å². The van der Waals surface area contributed by atoms with E-state index < -0.39 is 13.4 Å². The number of benzene rings is 7. The molecule has 0 atom stereocenters. The lowest BCUT2D eigenvalue weighted by molar-refractivity contribution is 1.69. The van der Waals surface area contributed by atoms with Crippen LogP contribution in [0.3, 0.4) is 0 Å². The molecule has 0 spiro atoms. The molecule has 2 heteroatoms. The molecule has 46 heavy (non-hydrogen) atoms. The summed E-state index contributed by atoms with van der Waals surface area (Å²) in [5.74, 6) is 3.13. The summed E-state index contributed by atoms with van der Waals surface area (Å²) >= 11 is 0. The highest BCUT2D eigenvalue weighted by Crippen LogP contribution is 2.53. The summed E-state index contributed by atoms with van der Waals surface area (Å²) in [7, 11) is -1.91. The first kappa shape index (κ1) is 30.6. The van der Waals surface area contributed by atoms with Gasteiger partial charge in [-0.15, -0.1) is 0 Å². The summed E-state index contributed by atoms with van der Waals surface area (Å²) in [6.45, 7) is 0. The molecular weight excluding hydrogens is 570 g/mol.